The number of carbonyl (C=O) groups excluding carboxylic acids is 1. The molecule has 3 atom stereocenters. The maximum absolute atomic E-state index is 12.0. The Morgan fingerprint density at radius 2 is 2.13 bits per heavy atom. The van der Waals surface area contributed by atoms with E-state index >= 15 is 0 Å². The first-order chi connectivity index (χ1) is 6.95. The number of ether oxygens (including phenoxy) is 1. The highest BCUT2D eigenvalue weighted by Crippen LogP contribution is 2.21. The summed E-state index contributed by atoms with van der Waals surface area (Å²) < 4.78 is 5.46. The van der Waals surface area contributed by atoms with Crippen molar-refractivity contribution in [2.45, 2.75) is 44.6 Å². The third-order valence-corrected chi connectivity index (χ3v) is 3.88. The molecule has 0 radical (unpaired) electrons. The molecular weight excluding hydrogens is 210 g/mol. The standard InChI is InChI=1S/C11H21NO2S/c1-7(2)10(15)11(13)12(4)9-5-6-14-8(9)3/h7-10,15H,5-6H2,1-4H3. The molecular formula is C11H21NO2S. The van der Waals surface area contributed by atoms with Gasteiger partial charge in [0, 0.05) is 13.7 Å². The third-order valence-electron chi connectivity index (χ3n) is 3.07. The molecule has 0 saturated carbocycles. The first kappa shape index (κ1) is 12.8. The van der Waals surface area contributed by atoms with Crippen molar-refractivity contribution in [3.05, 3.63) is 0 Å². The van der Waals surface area contributed by atoms with Crippen LogP contribution in [-0.4, -0.2) is 41.9 Å². The fraction of sp³-hybridized carbons (Fsp3) is 0.909. The van der Waals surface area contributed by atoms with Crippen LogP contribution in [0.2, 0.25) is 0 Å². The Morgan fingerprint density at radius 1 is 1.53 bits per heavy atom. The van der Waals surface area contributed by atoms with Crippen molar-refractivity contribution >= 4 is 18.5 Å². The van der Waals surface area contributed by atoms with E-state index in [2.05, 4.69) is 12.6 Å². The second kappa shape index (κ2) is 5.21. The lowest BCUT2D eigenvalue weighted by atomic mass is 10.1. The van der Waals surface area contributed by atoms with Crippen molar-refractivity contribution in [2.75, 3.05) is 13.7 Å². The average molecular weight is 231 g/mol. The van der Waals surface area contributed by atoms with E-state index in [4.69, 9.17) is 4.74 Å². The molecule has 0 aromatic rings. The smallest absolute Gasteiger partial charge is 0.235 e. The first-order valence-corrected chi connectivity index (χ1v) is 6.03. The number of rotatable bonds is 3. The van der Waals surface area contributed by atoms with Gasteiger partial charge in [0.2, 0.25) is 5.91 Å². The Kier molecular flexibility index (Phi) is 4.46. The minimum absolute atomic E-state index is 0.107. The third kappa shape index (κ3) is 2.88. The molecule has 15 heavy (non-hydrogen) atoms. The summed E-state index contributed by atoms with van der Waals surface area (Å²) in [4.78, 5) is 13.8. The average Bonchev–Trinajstić information content (AvgIpc) is 2.60. The minimum Gasteiger partial charge on any atom is -0.376 e. The molecule has 1 saturated heterocycles. The topological polar surface area (TPSA) is 29.5 Å². The predicted octanol–water partition coefficient (Wildman–Crippen LogP) is 1.58. The van der Waals surface area contributed by atoms with Gasteiger partial charge in [0.25, 0.3) is 0 Å². The van der Waals surface area contributed by atoms with Crippen LogP contribution in [0.5, 0.6) is 0 Å². The van der Waals surface area contributed by atoms with Gasteiger partial charge < -0.3 is 9.64 Å². The van der Waals surface area contributed by atoms with Crippen LogP contribution < -0.4 is 0 Å². The summed E-state index contributed by atoms with van der Waals surface area (Å²) in [6.07, 6.45) is 1.08. The number of likely N-dealkylation sites (N-methyl/N-ethyl adjacent to an activating group) is 1. The molecule has 0 aromatic heterocycles. The quantitative estimate of drug-likeness (QED) is 0.747. The lowest BCUT2D eigenvalue weighted by Crippen LogP contribution is -2.45. The van der Waals surface area contributed by atoms with Crippen LogP contribution in [0, 0.1) is 5.92 Å². The van der Waals surface area contributed by atoms with Crippen molar-refractivity contribution in [2.24, 2.45) is 5.92 Å². The second-order valence-corrected chi connectivity index (χ2v) is 5.13. The molecule has 3 nitrogen and oxygen atoms in total. The lowest BCUT2D eigenvalue weighted by molar-refractivity contribution is -0.133. The van der Waals surface area contributed by atoms with Crippen LogP contribution in [0.3, 0.4) is 0 Å². The molecule has 1 aliphatic heterocycles. The van der Waals surface area contributed by atoms with Gasteiger partial charge >= 0.3 is 0 Å². The zero-order chi connectivity index (χ0) is 11.6. The molecule has 0 bridgehead atoms. The van der Waals surface area contributed by atoms with E-state index in [0.29, 0.717) is 0 Å². The maximum Gasteiger partial charge on any atom is 0.235 e. The monoisotopic (exact) mass is 231 g/mol. The zero-order valence-electron chi connectivity index (χ0n) is 9.93. The van der Waals surface area contributed by atoms with E-state index < -0.39 is 0 Å². The summed E-state index contributed by atoms with van der Waals surface area (Å²) in [6, 6.07) is 0.214. The fourth-order valence-corrected chi connectivity index (χ4v) is 2.07. The summed E-state index contributed by atoms with van der Waals surface area (Å²) in [5.41, 5.74) is 0. The number of amides is 1. The van der Waals surface area contributed by atoms with Gasteiger partial charge in [-0.1, -0.05) is 13.8 Å². The molecule has 88 valence electrons. The number of hydrogen-bond acceptors (Lipinski definition) is 3. The number of thiol groups is 1. The molecule has 1 heterocycles. The van der Waals surface area contributed by atoms with Gasteiger partial charge in [0.05, 0.1) is 17.4 Å². The summed E-state index contributed by atoms with van der Waals surface area (Å²) in [7, 11) is 1.85. The molecule has 0 aromatic carbocycles. The van der Waals surface area contributed by atoms with Crippen LogP contribution in [0.4, 0.5) is 0 Å². The summed E-state index contributed by atoms with van der Waals surface area (Å²) >= 11 is 4.35. The van der Waals surface area contributed by atoms with Crippen molar-refractivity contribution < 1.29 is 9.53 Å². The van der Waals surface area contributed by atoms with Gasteiger partial charge in [-0.15, -0.1) is 0 Å². The van der Waals surface area contributed by atoms with E-state index in [9.17, 15) is 4.79 Å². The molecule has 3 unspecified atom stereocenters. The first-order valence-electron chi connectivity index (χ1n) is 5.51. The summed E-state index contributed by atoms with van der Waals surface area (Å²) in [6.45, 7) is 6.79. The van der Waals surface area contributed by atoms with E-state index in [1.807, 2.05) is 27.8 Å². The number of nitrogens with zero attached hydrogens (tertiary/aromatic N) is 1. The van der Waals surface area contributed by atoms with Crippen LogP contribution in [0.1, 0.15) is 27.2 Å². The van der Waals surface area contributed by atoms with Gasteiger partial charge in [-0.3, -0.25) is 4.79 Å². The molecule has 1 fully saturated rings. The van der Waals surface area contributed by atoms with Crippen LogP contribution in [0.15, 0.2) is 0 Å². The minimum atomic E-state index is -0.206. The second-order valence-electron chi connectivity index (χ2n) is 4.57. The molecule has 0 N–H and O–H groups in total. The van der Waals surface area contributed by atoms with Crippen molar-refractivity contribution in [3.63, 3.8) is 0 Å². The maximum atomic E-state index is 12.0. The van der Waals surface area contributed by atoms with Crippen LogP contribution in [-0.2, 0) is 9.53 Å². The van der Waals surface area contributed by atoms with Crippen LogP contribution >= 0.6 is 12.6 Å². The summed E-state index contributed by atoms with van der Waals surface area (Å²) in [5.74, 6) is 0.372. The Hall–Kier alpha value is -0.220. The fourth-order valence-electron chi connectivity index (χ4n) is 1.89. The van der Waals surface area contributed by atoms with Gasteiger partial charge in [0.1, 0.15) is 0 Å². The van der Waals surface area contributed by atoms with E-state index in [1.165, 1.54) is 0 Å². The van der Waals surface area contributed by atoms with Gasteiger partial charge in [-0.05, 0) is 19.3 Å². The van der Waals surface area contributed by atoms with E-state index in [1.54, 1.807) is 4.90 Å². The highest BCUT2D eigenvalue weighted by molar-refractivity contribution is 7.81. The van der Waals surface area contributed by atoms with E-state index in [0.717, 1.165) is 13.0 Å². The Morgan fingerprint density at radius 3 is 2.53 bits per heavy atom. The van der Waals surface area contributed by atoms with E-state index in [-0.39, 0.29) is 29.2 Å². The Balaban J connectivity index is 2.59. The molecule has 1 aliphatic rings. The van der Waals surface area contributed by atoms with Crippen molar-refractivity contribution in [3.8, 4) is 0 Å². The predicted molar refractivity (Wildman–Crippen MR) is 64.2 cm³/mol. The number of carbonyl (C=O) groups is 1. The molecule has 1 amide bonds. The lowest BCUT2D eigenvalue weighted by Gasteiger charge is -2.30. The largest absolute Gasteiger partial charge is 0.376 e. The van der Waals surface area contributed by atoms with Crippen molar-refractivity contribution in [1.82, 2.24) is 4.90 Å². The van der Waals surface area contributed by atoms with Gasteiger partial charge in [-0.2, -0.15) is 12.6 Å². The Labute approximate surface area is 97.6 Å². The highest BCUT2D eigenvalue weighted by atomic mass is 32.1. The molecule has 4 heteroatoms. The van der Waals surface area contributed by atoms with Gasteiger partial charge in [0.15, 0.2) is 0 Å². The number of hydrogen-bond donors (Lipinski definition) is 1. The highest BCUT2D eigenvalue weighted by Gasteiger charge is 2.33. The molecule has 0 aliphatic carbocycles. The van der Waals surface area contributed by atoms with Gasteiger partial charge in [-0.25, -0.2) is 0 Å². The Bertz CT molecular complexity index is 233. The van der Waals surface area contributed by atoms with Crippen LogP contribution in [0.25, 0.3) is 0 Å². The normalized spacial score (nSPS) is 28.1. The molecule has 1 rings (SSSR count). The SMILES string of the molecule is CC(C)C(S)C(=O)N(C)C1CCOC1C. The van der Waals surface area contributed by atoms with Crippen molar-refractivity contribution in [1.29, 1.82) is 0 Å². The zero-order valence-corrected chi connectivity index (χ0v) is 10.8. The summed E-state index contributed by atoms with van der Waals surface area (Å²) in [5, 5.41) is -0.206. The molecule has 0 spiro atoms.